The van der Waals surface area contributed by atoms with Crippen molar-refractivity contribution in [2.75, 3.05) is 13.2 Å². The molecule has 20 heavy (non-hydrogen) atoms. The second-order valence-electron chi connectivity index (χ2n) is 5.28. The number of ether oxygens (including phenoxy) is 1. The molecule has 0 saturated carbocycles. The molecule has 0 aliphatic carbocycles. The van der Waals surface area contributed by atoms with Crippen LogP contribution in [0.1, 0.15) is 19.4 Å². The fourth-order valence-corrected chi connectivity index (χ4v) is 2.17. The Balaban J connectivity index is 1.90. The van der Waals surface area contributed by atoms with Crippen molar-refractivity contribution in [3.05, 3.63) is 29.8 Å². The molecule has 1 saturated heterocycles. The minimum absolute atomic E-state index is 0.0914. The molecule has 5 nitrogen and oxygen atoms in total. The van der Waals surface area contributed by atoms with Crippen LogP contribution >= 0.6 is 0 Å². The van der Waals surface area contributed by atoms with Crippen molar-refractivity contribution in [2.45, 2.75) is 26.8 Å². The lowest BCUT2D eigenvalue weighted by Gasteiger charge is -2.15. The van der Waals surface area contributed by atoms with Crippen LogP contribution in [0, 0.1) is 12.8 Å². The molecule has 0 unspecified atom stereocenters. The van der Waals surface area contributed by atoms with E-state index in [1.807, 2.05) is 45.0 Å². The van der Waals surface area contributed by atoms with Crippen molar-refractivity contribution in [1.82, 2.24) is 10.2 Å². The van der Waals surface area contributed by atoms with Crippen molar-refractivity contribution in [3.63, 3.8) is 0 Å². The minimum Gasteiger partial charge on any atom is -0.491 e. The number of carbonyl (C=O) groups is 2. The van der Waals surface area contributed by atoms with Crippen LogP contribution in [0.5, 0.6) is 5.75 Å². The van der Waals surface area contributed by atoms with E-state index in [0.717, 1.165) is 11.3 Å². The Labute approximate surface area is 118 Å². The second-order valence-corrected chi connectivity index (χ2v) is 5.28. The van der Waals surface area contributed by atoms with Crippen molar-refractivity contribution < 1.29 is 14.3 Å². The number of imide groups is 1. The van der Waals surface area contributed by atoms with Crippen LogP contribution in [-0.4, -0.2) is 36.0 Å². The monoisotopic (exact) mass is 276 g/mol. The third-order valence-electron chi connectivity index (χ3n) is 3.39. The van der Waals surface area contributed by atoms with Gasteiger partial charge in [-0.2, -0.15) is 0 Å². The molecule has 1 fully saturated rings. The molecular weight excluding hydrogens is 256 g/mol. The van der Waals surface area contributed by atoms with Crippen LogP contribution in [0.4, 0.5) is 4.79 Å². The Morgan fingerprint density at radius 2 is 2.00 bits per heavy atom. The zero-order chi connectivity index (χ0) is 14.7. The van der Waals surface area contributed by atoms with Crippen molar-refractivity contribution in [3.8, 4) is 5.75 Å². The van der Waals surface area contributed by atoms with Gasteiger partial charge >= 0.3 is 6.03 Å². The lowest BCUT2D eigenvalue weighted by Crippen LogP contribution is -2.36. The predicted octanol–water partition coefficient (Wildman–Crippen LogP) is 1.95. The van der Waals surface area contributed by atoms with Crippen LogP contribution in [0.25, 0.3) is 0 Å². The van der Waals surface area contributed by atoms with Gasteiger partial charge in [0, 0.05) is 0 Å². The summed E-state index contributed by atoms with van der Waals surface area (Å²) in [6, 6.07) is 6.91. The van der Waals surface area contributed by atoms with Crippen LogP contribution < -0.4 is 10.1 Å². The average Bonchev–Trinajstić information content (AvgIpc) is 2.68. The topological polar surface area (TPSA) is 58.6 Å². The van der Waals surface area contributed by atoms with Gasteiger partial charge in [-0.1, -0.05) is 32.0 Å². The molecule has 1 aromatic rings. The van der Waals surface area contributed by atoms with Gasteiger partial charge in [0.25, 0.3) is 5.91 Å². The number of nitrogens with zero attached hydrogens (tertiary/aromatic N) is 1. The van der Waals surface area contributed by atoms with E-state index >= 15 is 0 Å². The summed E-state index contributed by atoms with van der Waals surface area (Å²) in [6.07, 6.45) is 0. The van der Waals surface area contributed by atoms with Gasteiger partial charge in [-0.15, -0.1) is 0 Å². The van der Waals surface area contributed by atoms with Gasteiger partial charge in [0.2, 0.25) is 0 Å². The standard InChI is InChI=1S/C15H20N2O3/c1-10(2)13-14(18)17(15(19)16-13)8-9-20-12-7-5-4-6-11(12)3/h4-7,10,13H,8-9H2,1-3H3,(H,16,19)/t13-/m0/s1. The van der Waals surface area contributed by atoms with Gasteiger partial charge in [0.1, 0.15) is 18.4 Å². The Kier molecular flexibility index (Phi) is 4.27. The molecule has 1 aromatic carbocycles. The number of benzene rings is 1. The second kappa shape index (κ2) is 5.94. The number of hydrogen-bond acceptors (Lipinski definition) is 3. The smallest absolute Gasteiger partial charge is 0.324 e. The largest absolute Gasteiger partial charge is 0.491 e. The summed E-state index contributed by atoms with van der Waals surface area (Å²) < 4.78 is 5.62. The van der Waals surface area contributed by atoms with Crippen LogP contribution in [0.3, 0.4) is 0 Å². The van der Waals surface area contributed by atoms with Crippen molar-refractivity contribution in [2.24, 2.45) is 5.92 Å². The fourth-order valence-electron chi connectivity index (χ4n) is 2.17. The molecule has 3 amide bonds. The number of nitrogens with one attached hydrogen (secondary N) is 1. The maximum absolute atomic E-state index is 12.1. The molecule has 5 heteroatoms. The Morgan fingerprint density at radius 3 is 2.60 bits per heavy atom. The number of para-hydroxylation sites is 1. The highest BCUT2D eigenvalue weighted by Gasteiger charge is 2.39. The zero-order valence-corrected chi connectivity index (χ0v) is 12.1. The molecule has 1 N–H and O–H groups in total. The average molecular weight is 276 g/mol. The lowest BCUT2D eigenvalue weighted by molar-refractivity contribution is -0.128. The van der Waals surface area contributed by atoms with Crippen LogP contribution in [-0.2, 0) is 4.79 Å². The summed E-state index contributed by atoms with van der Waals surface area (Å²) in [6.45, 7) is 6.35. The molecule has 0 spiro atoms. The van der Waals surface area contributed by atoms with Gasteiger partial charge in [0.05, 0.1) is 6.54 Å². The Hall–Kier alpha value is -2.04. The molecule has 1 atom stereocenters. The first-order valence-corrected chi connectivity index (χ1v) is 6.81. The van der Waals surface area contributed by atoms with Gasteiger partial charge in [-0.3, -0.25) is 9.69 Å². The predicted molar refractivity (Wildman–Crippen MR) is 75.5 cm³/mol. The third kappa shape index (κ3) is 2.92. The summed E-state index contributed by atoms with van der Waals surface area (Å²) in [4.78, 5) is 25.0. The molecule has 0 aromatic heterocycles. The molecule has 0 bridgehead atoms. The van der Waals surface area contributed by atoms with Crippen LogP contribution in [0.15, 0.2) is 24.3 Å². The fraction of sp³-hybridized carbons (Fsp3) is 0.467. The first-order chi connectivity index (χ1) is 9.50. The molecule has 1 aliphatic rings. The minimum atomic E-state index is -0.416. The number of carbonyl (C=O) groups excluding carboxylic acids is 2. The summed E-state index contributed by atoms with van der Waals surface area (Å²) in [5.41, 5.74) is 1.03. The van der Waals surface area contributed by atoms with E-state index in [0.29, 0.717) is 6.61 Å². The summed E-state index contributed by atoms with van der Waals surface area (Å²) in [5.74, 6) is 0.701. The van der Waals surface area contributed by atoms with E-state index in [1.165, 1.54) is 4.90 Å². The maximum Gasteiger partial charge on any atom is 0.324 e. The number of urea groups is 1. The van der Waals surface area contributed by atoms with Gasteiger partial charge in [-0.05, 0) is 24.5 Å². The highest BCUT2D eigenvalue weighted by molar-refractivity contribution is 6.04. The summed E-state index contributed by atoms with van der Waals surface area (Å²) >= 11 is 0. The maximum atomic E-state index is 12.1. The van der Waals surface area contributed by atoms with E-state index in [4.69, 9.17) is 4.74 Å². The zero-order valence-electron chi connectivity index (χ0n) is 12.1. The Bertz CT molecular complexity index is 514. The molecule has 0 radical (unpaired) electrons. The lowest BCUT2D eigenvalue weighted by atomic mass is 10.1. The number of rotatable bonds is 5. The number of hydrogen-bond donors (Lipinski definition) is 1. The van der Waals surface area contributed by atoms with Gasteiger partial charge < -0.3 is 10.1 Å². The summed E-state index contributed by atoms with van der Waals surface area (Å²) in [5, 5.41) is 2.70. The van der Waals surface area contributed by atoms with E-state index in [1.54, 1.807) is 0 Å². The first kappa shape index (κ1) is 14.4. The molecule has 1 aliphatic heterocycles. The van der Waals surface area contributed by atoms with E-state index in [9.17, 15) is 9.59 Å². The van der Waals surface area contributed by atoms with E-state index in [2.05, 4.69) is 5.32 Å². The highest BCUT2D eigenvalue weighted by atomic mass is 16.5. The van der Waals surface area contributed by atoms with Crippen molar-refractivity contribution in [1.29, 1.82) is 0 Å². The molecule has 1 heterocycles. The van der Waals surface area contributed by atoms with E-state index < -0.39 is 6.04 Å². The van der Waals surface area contributed by atoms with Gasteiger partial charge in [-0.25, -0.2) is 4.79 Å². The summed E-state index contributed by atoms with van der Waals surface area (Å²) in [7, 11) is 0. The SMILES string of the molecule is Cc1ccccc1OCCN1C(=O)N[C@@H](C(C)C)C1=O. The normalized spacial score (nSPS) is 18.6. The van der Waals surface area contributed by atoms with Crippen molar-refractivity contribution >= 4 is 11.9 Å². The number of aryl methyl sites for hydroxylation is 1. The number of amides is 3. The van der Waals surface area contributed by atoms with Gasteiger partial charge in [0.15, 0.2) is 0 Å². The molecule has 2 rings (SSSR count). The highest BCUT2D eigenvalue weighted by Crippen LogP contribution is 2.17. The third-order valence-corrected chi connectivity index (χ3v) is 3.39. The Morgan fingerprint density at radius 1 is 1.30 bits per heavy atom. The van der Waals surface area contributed by atoms with Crippen LogP contribution in [0.2, 0.25) is 0 Å². The quantitative estimate of drug-likeness (QED) is 0.836. The molecular formula is C15H20N2O3. The molecule has 108 valence electrons. The van der Waals surface area contributed by atoms with E-state index in [-0.39, 0.29) is 24.4 Å². The first-order valence-electron chi connectivity index (χ1n) is 6.81.